The molecule has 0 saturated carbocycles. The number of hydrogen-bond acceptors (Lipinski definition) is 10. The second-order valence-electron chi connectivity index (χ2n) is 12.9. The molecule has 0 amide bonds. The number of nitrogens with zero attached hydrogens (tertiary/aromatic N) is 2. The Bertz CT molecular complexity index is 2160. The summed E-state index contributed by atoms with van der Waals surface area (Å²) in [5, 5.41) is 34.4. The lowest BCUT2D eigenvalue weighted by Gasteiger charge is -2.25. The zero-order valence-electron chi connectivity index (χ0n) is 30.1. The monoisotopic (exact) mass is 727 g/mol. The first kappa shape index (κ1) is 36.6. The molecule has 5 aromatic carbocycles. The fourth-order valence-corrected chi connectivity index (χ4v) is 6.64. The summed E-state index contributed by atoms with van der Waals surface area (Å²) in [5.41, 5.74) is 6.32. The molecule has 6 aromatic rings. The number of rotatable bonds is 20. The van der Waals surface area contributed by atoms with E-state index in [-0.39, 0.29) is 38.8 Å². The third-order valence-corrected chi connectivity index (χ3v) is 9.21. The predicted molar refractivity (Wildman–Crippen MR) is 209 cm³/mol. The average Bonchev–Trinajstić information content (AvgIpc) is 3.58. The SMILES string of the molecule is O=C1c2c(OCc3ccccc3)cc(OCc3ccccc3)c(OCc3ccccc3)c2-c2nn(CCNCCO)c3ccc(NCCNCCO)c1c23. The first-order chi connectivity index (χ1) is 26.7. The Morgan fingerprint density at radius 1 is 0.593 bits per heavy atom. The minimum Gasteiger partial charge on any atom is -0.488 e. The van der Waals surface area contributed by atoms with Gasteiger partial charge in [0.05, 0.1) is 42.0 Å². The van der Waals surface area contributed by atoms with Gasteiger partial charge >= 0.3 is 0 Å². The number of fused-ring (bicyclic) bond motifs is 2. The van der Waals surface area contributed by atoms with Crippen molar-refractivity contribution in [2.45, 2.75) is 26.4 Å². The molecule has 11 heteroatoms. The molecular weight excluding hydrogens is 683 g/mol. The molecule has 0 unspecified atom stereocenters. The van der Waals surface area contributed by atoms with E-state index in [1.807, 2.05) is 108 Å². The largest absolute Gasteiger partial charge is 0.488 e. The first-order valence-corrected chi connectivity index (χ1v) is 18.3. The maximum atomic E-state index is 15.2. The standard InChI is InChI=1S/C43H45N5O6/c49-24-21-44-18-19-46-33-16-17-34-38-37(33)42(51)39-35(52-27-30-10-4-1-5-11-30)26-36(53-28-31-12-6-2-7-13-31)43(54-29-32-14-8-3-9-15-32)40(39)41(38)47-48(34)23-20-45-22-25-50/h1-17,26,44-46,49-50H,18-25,27-29H2. The fourth-order valence-electron chi connectivity index (χ4n) is 6.64. The van der Waals surface area contributed by atoms with Crippen LogP contribution in [-0.2, 0) is 26.4 Å². The van der Waals surface area contributed by atoms with Crippen molar-refractivity contribution in [2.75, 3.05) is 51.3 Å². The van der Waals surface area contributed by atoms with E-state index < -0.39 is 0 Å². The van der Waals surface area contributed by atoms with Crippen LogP contribution in [0.25, 0.3) is 22.2 Å². The van der Waals surface area contributed by atoms with Crippen molar-refractivity contribution in [3.05, 3.63) is 137 Å². The van der Waals surface area contributed by atoms with Crippen molar-refractivity contribution in [1.82, 2.24) is 20.4 Å². The lowest BCUT2D eigenvalue weighted by Crippen LogP contribution is -2.25. The number of nitrogens with one attached hydrogen (secondary N) is 3. The summed E-state index contributed by atoms with van der Waals surface area (Å²) in [6, 6.07) is 35.3. The van der Waals surface area contributed by atoms with Crippen LogP contribution in [0.5, 0.6) is 17.2 Å². The molecule has 0 fully saturated rings. The lowest BCUT2D eigenvalue weighted by atomic mass is 9.85. The van der Waals surface area contributed by atoms with Gasteiger partial charge in [-0.25, -0.2) is 0 Å². The van der Waals surface area contributed by atoms with E-state index in [2.05, 4.69) is 16.0 Å². The Labute approximate surface area is 314 Å². The molecule has 0 saturated heterocycles. The van der Waals surface area contributed by atoms with Gasteiger partial charge in [-0.2, -0.15) is 5.10 Å². The number of benzene rings is 5. The summed E-state index contributed by atoms with van der Waals surface area (Å²) in [7, 11) is 0. The predicted octanol–water partition coefficient (Wildman–Crippen LogP) is 5.56. The average molecular weight is 728 g/mol. The summed E-state index contributed by atoms with van der Waals surface area (Å²) in [5.74, 6) is 0.997. The summed E-state index contributed by atoms with van der Waals surface area (Å²) in [4.78, 5) is 15.2. The Morgan fingerprint density at radius 3 is 1.78 bits per heavy atom. The molecule has 0 atom stereocenters. The number of anilines is 1. The first-order valence-electron chi connectivity index (χ1n) is 18.3. The molecule has 7 rings (SSSR count). The molecule has 11 nitrogen and oxygen atoms in total. The van der Waals surface area contributed by atoms with E-state index in [4.69, 9.17) is 19.3 Å². The molecule has 1 aliphatic rings. The van der Waals surface area contributed by atoms with Crippen LogP contribution in [0.1, 0.15) is 32.6 Å². The highest BCUT2D eigenvalue weighted by molar-refractivity contribution is 6.29. The van der Waals surface area contributed by atoms with Gasteiger partial charge in [0.15, 0.2) is 17.3 Å². The zero-order chi connectivity index (χ0) is 37.1. The molecule has 5 N–H and O–H groups in total. The van der Waals surface area contributed by atoms with Crippen LogP contribution in [-0.4, -0.2) is 71.7 Å². The quantitative estimate of drug-likeness (QED) is 0.0635. The Kier molecular flexibility index (Phi) is 12.1. The van der Waals surface area contributed by atoms with E-state index in [1.54, 1.807) is 6.07 Å². The summed E-state index contributed by atoms with van der Waals surface area (Å²) in [6.45, 7) is 3.91. The van der Waals surface area contributed by atoms with Crippen LogP contribution in [0.15, 0.2) is 109 Å². The molecule has 1 aliphatic carbocycles. The van der Waals surface area contributed by atoms with E-state index in [1.165, 1.54) is 0 Å². The highest BCUT2D eigenvalue weighted by atomic mass is 16.5. The van der Waals surface area contributed by atoms with Crippen LogP contribution >= 0.6 is 0 Å². The molecule has 54 heavy (non-hydrogen) atoms. The Hall–Kier alpha value is -5.72. The highest BCUT2D eigenvalue weighted by Crippen LogP contribution is 2.52. The zero-order valence-corrected chi connectivity index (χ0v) is 30.1. The van der Waals surface area contributed by atoms with Gasteiger partial charge < -0.3 is 40.4 Å². The van der Waals surface area contributed by atoms with Gasteiger partial charge in [-0.1, -0.05) is 91.0 Å². The second-order valence-corrected chi connectivity index (χ2v) is 12.9. The third kappa shape index (κ3) is 8.24. The Morgan fingerprint density at radius 2 is 1.17 bits per heavy atom. The molecule has 1 heterocycles. The van der Waals surface area contributed by atoms with Crippen molar-refractivity contribution in [2.24, 2.45) is 0 Å². The van der Waals surface area contributed by atoms with Gasteiger partial charge in [-0.3, -0.25) is 9.48 Å². The topological polar surface area (TPSA) is 139 Å². The van der Waals surface area contributed by atoms with Crippen molar-refractivity contribution >= 4 is 22.4 Å². The highest BCUT2D eigenvalue weighted by Gasteiger charge is 2.38. The van der Waals surface area contributed by atoms with Crippen LogP contribution < -0.4 is 30.2 Å². The van der Waals surface area contributed by atoms with Crippen LogP contribution in [0.3, 0.4) is 0 Å². The van der Waals surface area contributed by atoms with Gasteiger partial charge in [-0.05, 0) is 28.8 Å². The Balaban J connectivity index is 1.41. The molecule has 278 valence electrons. The smallest absolute Gasteiger partial charge is 0.200 e. The van der Waals surface area contributed by atoms with Crippen LogP contribution in [0.2, 0.25) is 0 Å². The number of ketones is 1. The molecule has 0 radical (unpaired) electrons. The van der Waals surface area contributed by atoms with Crippen LogP contribution in [0.4, 0.5) is 5.69 Å². The van der Waals surface area contributed by atoms with Crippen molar-refractivity contribution in [3.8, 4) is 28.5 Å². The van der Waals surface area contributed by atoms with Gasteiger partial charge in [0.1, 0.15) is 31.3 Å². The molecule has 0 bridgehead atoms. The van der Waals surface area contributed by atoms with E-state index in [0.29, 0.717) is 90.0 Å². The van der Waals surface area contributed by atoms with E-state index in [9.17, 15) is 10.2 Å². The summed E-state index contributed by atoms with van der Waals surface area (Å²) < 4.78 is 21.8. The van der Waals surface area contributed by atoms with E-state index in [0.717, 1.165) is 22.2 Å². The van der Waals surface area contributed by atoms with Crippen molar-refractivity contribution in [3.63, 3.8) is 0 Å². The molecule has 0 aliphatic heterocycles. The minimum absolute atomic E-state index is 0.0267. The minimum atomic E-state index is -0.214. The molecular formula is C43H45N5O6. The molecule has 0 spiro atoms. The third-order valence-electron chi connectivity index (χ3n) is 9.21. The number of carbonyl (C=O) groups excluding carboxylic acids is 1. The van der Waals surface area contributed by atoms with Gasteiger partial charge in [0.2, 0.25) is 0 Å². The lowest BCUT2D eigenvalue weighted by molar-refractivity contribution is 0.103. The maximum Gasteiger partial charge on any atom is 0.200 e. The number of ether oxygens (including phenoxy) is 3. The van der Waals surface area contributed by atoms with Gasteiger partial charge in [-0.15, -0.1) is 0 Å². The summed E-state index contributed by atoms with van der Waals surface area (Å²) in [6.07, 6.45) is 0. The number of aliphatic hydroxyl groups excluding tert-OH is 2. The van der Waals surface area contributed by atoms with E-state index >= 15 is 4.79 Å². The van der Waals surface area contributed by atoms with Gasteiger partial charge in [0, 0.05) is 49.9 Å². The van der Waals surface area contributed by atoms with Gasteiger partial charge in [0.25, 0.3) is 0 Å². The number of hydrogen-bond donors (Lipinski definition) is 5. The van der Waals surface area contributed by atoms with Crippen molar-refractivity contribution < 1.29 is 29.2 Å². The maximum absolute atomic E-state index is 15.2. The van der Waals surface area contributed by atoms with Crippen LogP contribution in [0, 0.1) is 0 Å². The summed E-state index contributed by atoms with van der Waals surface area (Å²) >= 11 is 0. The second kappa shape index (κ2) is 17.9. The number of aliphatic hydroxyl groups is 2. The normalized spacial score (nSPS) is 11.8. The molecule has 1 aromatic heterocycles. The number of aromatic nitrogens is 2. The van der Waals surface area contributed by atoms with Crippen molar-refractivity contribution in [1.29, 1.82) is 0 Å². The fraction of sp³-hybridized carbons (Fsp3) is 0.256. The number of carbonyl (C=O) groups is 1.